The standard InChI is InChI=1S/C12H18N2O2/c1-10(2)14(7-3-6-13)8-11-4-5-12(9-15)16-11/h4-5,10,15H,3,7-9H2,1-2H3. The van der Waals surface area contributed by atoms with Gasteiger partial charge < -0.3 is 9.52 Å². The maximum Gasteiger partial charge on any atom is 0.129 e. The quantitative estimate of drug-likeness (QED) is 0.798. The SMILES string of the molecule is CC(C)N(CCC#N)Cc1ccc(CO)o1. The van der Waals surface area contributed by atoms with Gasteiger partial charge in [-0.15, -0.1) is 0 Å². The van der Waals surface area contributed by atoms with Gasteiger partial charge in [0.05, 0.1) is 12.6 Å². The van der Waals surface area contributed by atoms with E-state index in [1.807, 2.05) is 6.07 Å². The number of aliphatic hydroxyl groups is 1. The second kappa shape index (κ2) is 6.31. The third-order valence-corrected chi connectivity index (χ3v) is 2.47. The molecule has 0 aliphatic rings. The summed E-state index contributed by atoms with van der Waals surface area (Å²) in [6.45, 7) is 5.53. The van der Waals surface area contributed by atoms with Crippen LogP contribution in [0.1, 0.15) is 31.8 Å². The fourth-order valence-electron chi connectivity index (χ4n) is 1.51. The van der Waals surface area contributed by atoms with E-state index in [1.54, 1.807) is 6.07 Å². The molecular formula is C12H18N2O2. The molecule has 1 aromatic heterocycles. The van der Waals surface area contributed by atoms with Gasteiger partial charge >= 0.3 is 0 Å². The number of furan rings is 1. The van der Waals surface area contributed by atoms with Crippen molar-refractivity contribution in [2.24, 2.45) is 0 Å². The number of aliphatic hydroxyl groups excluding tert-OH is 1. The molecule has 1 heterocycles. The van der Waals surface area contributed by atoms with Gasteiger partial charge in [0, 0.05) is 19.0 Å². The van der Waals surface area contributed by atoms with Crippen LogP contribution >= 0.6 is 0 Å². The Bertz CT molecular complexity index is 352. The van der Waals surface area contributed by atoms with E-state index in [9.17, 15) is 0 Å². The van der Waals surface area contributed by atoms with E-state index in [-0.39, 0.29) is 6.61 Å². The summed E-state index contributed by atoms with van der Waals surface area (Å²) in [5.74, 6) is 1.41. The van der Waals surface area contributed by atoms with Gasteiger partial charge in [0.25, 0.3) is 0 Å². The van der Waals surface area contributed by atoms with Crippen molar-refractivity contribution >= 4 is 0 Å². The van der Waals surface area contributed by atoms with Crippen molar-refractivity contribution in [2.45, 2.75) is 39.5 Å². The van der Waals surface area contributed by atoms with Gasteiger partial charge in [-0.3, -0.25) is 4.90 Å². The Morgan fingerprint density at radius 3 is 2.62 bits per heavy atom. The van der Waals surface area contributed by atoms with E-state index in [0.717, 1.165) is 12.3 Å². The topological polar surface area (TPSA) is 60.4 Å². The van der Waals surface area contributed by atoms with Gasteiger partial charge in [-0.1, -0.05) is 0 Å². The first kappa shape index (κ1) is 12.8. The molecule has 0 radical (unpaired) electrons. The number of nitrogens with zero attached hydrogens (tertiary/aromatic N) is 2. The van der Waals surface area contributed by atoms with Gasteiger partial charge in [-0.25, -0.2) is 0 Å². The second-order valence-electron chi connectivity index (χ2n) is 4.00. The average Bonchev–Trinajstić information content (AvgIpc) is 2.71. The minimum atomic E-state index is -0.0696. The third kappa shape index (κ3) is 3.69. The van der Waals surface area contributed by atoms with E-state index < -0.39 is 0 Å². The highest BCUT2D eigenvalue weighted by Gasteiger charge is 2.12. The van der Waals surface area contributed by atoms with Crippen molar-refractivity contribution in [3.05, 3.63) is 23.7 Å². The number of hydrogen-bond donors (Lipinski definition) is 1. The molecule has 0 amide bonds. The summed E-state index contributed by atoms with van der Waals surface area (Å²) >= 11 is 0. The maximum absolute atomic E-state index is 8.89. The highest BCUT2D eigenvalue weighted by atomic mass is 16.4. The predicted octanol–water partition coefficient (Wildman–Crippen LogP) is 1.90. The summed E-state index contributed by atoms with van der Waals surface area (Å²) in [4.78, 5) is 2.17. The predicted molar refractivity (Wildman–Crippen MR) is 60.4 cm³/mol. The van der Waals surface area contributed by atoms with Crippen molar-refractivity contribution in [2.75, 3.05) is 6.54 Å². The minimum absolute atomic E-state index is 0.0696. The molecule has 0 spiro atoms. The van der Waals surface area contributed by atoms with E-state index >= 15 is 0 Å². The zero-order valence-corrected chi connectivity index (χ0v) is 9.81. The Kier molecular flexibility index (Phi) is 5.03. The first-order valence-electron chi connectivity index (χ1n) is 5.46. The lowest BCUT2D eigenvalue weighted by molar-refractivity contribution is 0.191. The van der Waals surface area contributed by atoms with E-state index in [0.29, 0.717) is 24.8 Å². The smallest absolute Gasteiger partial charge is 0.129 e. The molecule has 0 atom stereocenters. The fraction of sp³-hybridized carbons (Fsp3) is 0.583. The van der Waals surface area contributed by atoms with E-state index in [4.69, 9.17) is 14.8 Å². The molecule has 0 bridgehead atoms. The lowest BCUT2D eigenvalue weighted by Gasteiger charge is -2.24. The molecule has 1 rings (SSSR count). The summed E-state index contributed by atoms with van der Waals surface area (Å²) in [5, 5.41) is 17.5. The Morgan fingerprint density at radius 1 is 1.44 bits per heavy atom. The van der Waals surface area contributed by atoms with Gasteiger partial charge in [-0.2, -0.15) is 5.26 Å². The monoisotopic (exact) mass is 222 g/mol. The van der Waals surface area contributed by atoms with Crippen LogP contribution in [-0.2, 0) is 13.2 Å². The zero-order valence-electron chi connectivity index (χ0n) is 9.81. The molecule has 0 aliphatic heterocycles. The molecule has 0 saturated carbocycles. The van der Waals surface area contributed by atoms with Crippen molar-refractivity contribution < 1.29 is 9.52 Å². The van der Waals surface area contributed by atoms with Crippen LogP contribution < -0.4 is 0 Å². The van der Waals surface area contributed by atoms with Crippen LogP contribution in [0.15, 0.2) is 16.5 Å². The first-order valence-corrected chi connectivity index (χ1v) is 5.46. The van der Waals surface area contributed by atoms with Gasteiger partial charge in [0.15, 0.2) is 0 Å². The molecule has 0 aliphatic carbocycles. The highest BCUT2D eigenvalue weighted by molar-refractivity contribution is 5.06. The first-order chi connectivity index (χ1) is 7.67. The van der Waals surface area contributed by atoms with Gasteiger partial charge in [-0.05, 0) is 26.0 Å². The molecule has 1 aromatic rings. The van der Waals surface area contributed by atoms with Crippen LogP contribution in [0.2, 0.25) is 0 Å². The average molecular weight is 222 g/mol. The summed E-state index contributed by atoms with van der Waals surface area (Å²) in [5.41, 5.74) is 0. The van der Waals surface area contributed by atoms with Crippen molar-refractivity contribution in [3.63, 3.8) is 0 Å². The van der Waals surface area contributed by atoms with Crippen LogP contribution in [0.25, 0.3) is 0 Å². The lowest BCUT2D eigenvalue weighted by atomic mass is 10.2. The molecule has 4 nitrogen and oxygen atoms in total. The molecule has 0 fully saturated rings. The second-order valence-corrected chi connectivity index (χ2v) is 4.00. The van der Waals surface area contributed by atoms with Crippen molar-refractivity contribution in [3.8, 4) is 6.07 Å². The molecule has 0 saturated heterocycles. The van der Waals surface area contributed by atoms with Crippen molar-refractivity contribution in [1.29, 1.82) is 5.26 Å². The molecule has 16 heavy (non-hydrogen) atoms. The molecule has 88 valence electrons. The van der Waals surface area contributed by atoms with Crippen LogP contribution in [0.3, 0.4) is 0 Å². The lowest BCUT2D eigenvalue weighted by Crippen LogP contribution is -2.30. The number of nitriles is 1. The van der Waals surface area contributed by atoms with Gasteiger partial charge in [0.1, 0.15) is 18.1 Å². The number of rotatable bonds is 6. The van der Waals surface area contributed by atoms with E-state index in [1.165, 1.54) is 0 Å². The largest absolute Gasteiger partial charge is 0.462 e. The van der Waals surface area contributed by atoms with Gasteiger partial charge in [0.2, 0.25) is 0 Å². The molecular weight excluding hydrogens is 204 g/mol. The molecule has 1 N–H and O–H groups in total. The fourth-order valence-corrected chi connectivity index (χ4v) is 1.51. The summed E-state index contributed by atoms with van der Waals surface area (Å²) in [7, 11) is 0. The van der Waals surface area contributed by atoms with Crippen LogP contribution in [0.5, 0.6) is 0 Å². The Labute approximate surface area is 96.1 Å². The van der Waals surface area contributed by atoms with E-state index in [2.05, 4.69) is 24.8 Å². The third-order valence-electron chi connectivity index (χ3n) is 2.47. The normalized spacial score (nSPS) is 11.0. The molecule has 0 aromatic carbocycles. The summed E-state index contributed by atoms with van der Waals surface area (Å²) in [6.07, 6.45) is 0.520. The van der Waals surface area contributed by atoms with Crippen LogP contribution in [-0.4, -0.2) is 22.6 Å². The maximum atomic E-state index is 8.89. The Balaban J connectivity index is 2.57. The Hall–Kier alpha value is -1.31. The van der Waals surface area contributed by atoms with Crippen LogP contribution in [0.4, 0.5) is 0 Å². The highest BCUT2D eigenvalue weighted by Crippen LogP contribution is 2.12. The number of hydrogen-bond acceptors (Lipinski definition) is 4. The minimum Gasteiger partial charge on any atom is -0.462 e. The van der Waals surface area contributed by atoms with Crippen molar-refractivity contribution in [1.82, 2.24) is 4.90 Å². The molecule has 0 unspecified atom stereocenters. The zero-order chi connectivity index (χ0) is 12.0. The Morgan fingerprint density at radius 2 is 2.12 bits per heavy atom. The van der Waals surface area contributed by atoms with Crippen LogP contribution in [0, 0.1) is 11.3 Å². The summed E-state index contributed by atoms with van der Waals surface area (Å²) < 4.78 is 5.42. The summed E-state index contributed by atoms with van der Waals surface area (Å²) in [6, 6.07) is 6.16. The molecule has 4 heteroatoms.